The van der Waals surface area contributed by atoms with Gasteiger partial charge in [-0.3, -0.25) is 14.5 Å². The van der Waals surface area contributed by atoms with Crippen molar-refractivity contribution in [2.75, 3.05) is 25.0 Å². The van der Waals surface area contributed by atoms with E-state index in [2.05, 4.69) is 22.5 Å². The number of anilines is 1. The fraction of sp³-hybridized carbons (Fsp3) is 0.467. The lowest BCUT2D eigenvalue weighted by molar-refractivity contribution is -0.136. The Morgan fingerprint density at radius 1 is 1.38 bits per heavy atom. The Labute approximate surface area is 123 Å². The third kappa shape index (κ3) is 4.26. The van der Waals surface area contributed by atoms with Gasteiger partial charge in [0.2, 0.25) is 0 Å². The van der Waals surface area contributed by atoms with Gasteiger partial charge in [0.1, 0.15) is 5.82 Å². The highest BCUT2D eigenvalue weighted by molar-refractivity contribution is 6.39. The summed E-state index contributed by atoms with van der Waals surface area (Å²) in [6.07, 6.45) is 2.14. The number of amides is 2. The molecule has 1 unspecified atom stereocenters. The molecule has 2 amide bonds. The third-order valence-corrected chi connectivity index (χ3v) is 3.69. The Balaban J connectivity index is 1.81. The minimum absolute atomic E-state index is 0.270. The lowest BCUT2D eigenvalue weighted by atomic mass is 10.2. The van der Waals surface area contributed by atoms with Gasteiger partial charge in [0.05, 0.1) is 0 Å². The molecule has 6 heteroatoms. The Hall–Kier alpha value is -1.95. The molecule has 1 aromatic rings. The fourth-order valence-electron chi connectivity index (χ4n) is 2.59. The number of halogens is 1. The zero-order valence-corrected chi connectivity index (χ0v) is 12.1. The van der Waals surface area contributed by atoms with E-state index in [1.165, 1.54) is 24.3 Å². The van der Waals surface area contributed by atoms with E-state index in [1.807, 2.05) is 0 Å². The molecule has 1 aliphatic rings. The largest absolute Gasteiger partial charge is 0.346 e. The Morgan fingerprint density at radius 2 is 2.19 bits per heavy atom. The van der Waals surface area contributed by atoms with Crippen LogP contribution in [0.15, 0.2) is 24.3 Å². The highest BCUT2D eigenvalue weighted by Gasteiger charge is 2.24. The smallest absolute Gasteiger partial charge is 0.313 e. The number of likely N-dealkylation sites (N-methyl/N-ethyl adjacent to an activating group) is 1. The van der Waals surface area contributed by atoms with E-state index in [9.17, 15) is 14.0 Å². The van der Waals surface area contributed by atoms with Crippen molar-refractivity contribution in [1.82, 2.24) is 10.2 Å². The summed E-state index contributed by atoms with van der Waals surface area (Å²) < 4.78 is 13.0. The zero-order chi connectivity index (χ0) is 15.2. The van der Waals surface area contributed by atoms with E-state index in [-0.39, 0.29) is 5.69 Å². The number of likely N-dealkylation sites (tertiary alicyclic amines) is 1. The van der Waals surface area contributed by atoms with Crippen molar-refractivity contribution in [3.05, 3.63) is 30.1 Å². The molecule has 1 fully saturated rings. The fourth-order valence-corrected chi connectivity index (χ4v) is 2.59. The van der Waals surface area contributed by atoms with Gasteiger partial charge in [0.25, 0.3) is 0 Å². The van der Waals surface area contributed by atoms with Crippen molar-refractivity contribution in [3.8, 4) is 0 Å². The maximum Gasteiger partial charge on any atom is 0.313 e. The summed E-state index contributed by atoms with van der Waals surface area (Å²) >= 11 is 0. The molecular weight excluding hydrogens is 273 g/mol. The Morgan fingerprint density at radius 3 is 2.90 bits per heavy atom. The number of carbonyl (C=O) groups is 2. The van der Waals surface area contributed by atoms with Crippen LogP contribution < -0.4 is 10.6 Å². The number of nitrogens with one attached hydrogen (secondary N) is 2. The molecule has 0 bridgehead atoms. The molecule has 0 aromatic heterocycles. The highest BCUT2D eigenvalue weighted by Crippen LogP contribution is 2.15. The van der Waals surface area contributed by atoms with Gasteiger partial charge in [-0.2, -0.15) is 0 Å². The number of rotatable bonds is 4. The molecule has 1 aromatic carbocycles. The minimum Gasteiger partial charge on any atom is -0.346 e. The molecule has 1 aliphatic heterocycles. The summed E-state index contributed by atoms with van der Waals surface area (Å²) in [6, 6.07) is 5.74. The van der Waals surface area contributed by atoms with Crippen LogP contribution >= 0.6 is 0 Å². The number of hydrogen-bond acceptors (Lipinski definition) is 3. The van der Waals surface area contributed by atoms with Crippen molar-refractivity contribution >= 4 is 17.5 Å². The maximum atomic E-state index is 13.0. The molecule has 0 saturated carbocycles. The second kappa shape index (κ2) is 7.17. The van der Waals surface area contributed by atoms with Gasteiger partial charge >= 0.3 is 11.8 Å². The molecule has 114 valence electrons. The summed E-state index contributed by atoms with van der Waals surface area (Å²) in [5.41, 5.74) is 0.270. The third-order valence-electron chi connectivity index (χ3n) is 3.69. The van der Waals surface area contributed by atoms with Gasteiger partial charge in [0.15, 0.2) is 0 Å². The SMILES string of the molecule is CCN1CCCC1CNC(=O)C(=O)Nc1cccc(F)c1. The van der Waals surface area contributed by atoms with Crippen LogP contribution in [0.1, 0.15) is 19.8 Å². The Bertz CT molecular complexity index is 521. The van der Waals surface area contributed by atoms with E-state index in [0.29, 0.717) is 12.6 Å². The summed E-state index contributed by atoms with van der Waals surface area (Å²) in [7, 11) is 0. The van der Waals surface area contributed by atoms with Crippen LogP contribution in [0.5, 0.6) is 0 Å². The van der Waals surface area contributed by atoms with Crippen LogP contribution in [-0.4, -0.2) is 42.4 Å². The first-order valence-electron chi connectivity index (χ1n) is 7.19. The van der Waals surface area contributed by atoms with E-state index < -0.39 is 17.6 Å². The monoisotopic (exact) mass is 293 g/mol. The summed E-state index contributed by atoms with van der Waals surface area (Å²) in [4.78, 5) is 25.8. The minimum atomic E-state index is -0.776. The average Bonchev–Trinajstić information content (AvgIpc) is 2.92. The Kier molecular flexibility index (Phi) is 5.27. The summed E-state index contributed by atoms with van der Waals surface area (Å²) in [5.74, 6) is -1.93. The van der Waals surface area contributed by atoms with Gasteiger partial charge in [0, 0.05) is 18.3 Å². The lowest BCUT2D eigenvalue weighted by Crippen LogP contribution is -2.43. The van der Waals surface area contributed by atoms with E-state index in [1.54, 1.807) is 0 Å². The van der Waals surface area contributed by atoms with Crippen LogP contribution in [0.4, 0.5) is 10.1 Å². The van der Waals surface area contributed by atoms with Gasteiger partial charge in [-0.15, -0.1) is 0 Å². The molecule has 0 spiro atoms. The standard InChI is InChI=1S/C15H20FN3O2/c1-2-19-8-4-7-13(19)10-17-14(20)15(21)18-12-6-3-5-11(16)9-12/h3,5-6,9,13H,2,4,7-8,10H2,1H3,(H,17,20)(H,18,21). The van der Waals surface area contributed by atoms with Crippen LogP contribution in [0.25, 0.3) is 0 Å². The molecule has 1 heterocycles. The molecule has 0 aliphatic carbocycles. The van der Waals surface area contributed by atoms with Gasteiger partial charge < -0.3 is 10.6 Å². The normalized spacial score (nSPS) is 18.5. The van der Waals surface area contributed by atoms with Crippen molar-refractivity contribution in [1.29, 1.82) is 0 Å². The lowest BCUT2D eigenvalue weighted by Gasteiger charge is -2.22. The van der Waals surface area contributed by atoms with Crippen molar-refractivity contribution in [2.45, 2.75) is 25.8 Å². The van der Waals surface area contributed by atoms with Gasteiger partial charge in [-0.25, -0.2) is 4.39 Å². The van der Waals surface area contributed by atoms with Crippen molar-refractivity contribution in [3.63, 3.8) is 0 Å². The second-order valence-corrected chi connectivity index (χ2v) is 5.10. The molecule has 5 nitrogen and oxygen atoms in total. The van der Waals surface area contributed by atoms with Crippen LogP contribution in [-0.2, 0) is 9.59 Å². The number of carbonyl (C=O) groups excluding carboxylic acids is 2. The molecule has 21 heavy (non-hydrogen) atoms. The second-order valence-electron chi connectivity index (χ2n) is 5.10. The number of hydrogen-bond donors (Lipinski definition) is 2. The number of benzene rings is 1. The highest BCUT2D eigenvalue weighted by atomic mass is 19.1. The first kappa shape index (κ1) is 15.4. The van der Waals surface area contributed by atoms with E-state index in [0.717, 1.165) is 25.9 Å². The van der Waals surface area contributed by atoms with Gasteiger partial charge in [-0.1, -0.05) is 13.0 Å². The molecule has 1 atom stereocenters. The maximum absolute atomic E-state index is 13.0. The number of nitrogens with zero attached hydrogens (tertiary/aromatic N) is 1. The van der Waals surface area contributed by atoms with E-state index in [4.69, 9.17) is 0 Å². The van der Waals surface area contributed by atoms with E-state index >= 15 is 0 Å². The van der Waals surface area contributed by atoms with Crippen molar-refractivity contribution in [2.24, 2.45) is 0 Å². The summed E-state index contributed by atoms with van der Waals surface area (Å²) in [5, 5.41) is 5.02. The first-order valence-corrected chi connectivity index (χ1v) is 7.19. The molecular formula is C15H20FN3O2. The summed E-state index contributed by atoms with van der Waals surface area (Å²) in [6.45, 7) is 4.52. The average molecular weight is 293 g/mol. The van der Waals surface area contributed by atoms with Crippen LogP contribution in [0.2, 0.25) is 0 Å². The predicted octanol–water partition coefficient (Wildman–Crippen LogP) is 1.36. The molecule has 1 saturated heterocycles. The first-order chi connectivity index (χ1) is 10.1. The van der Waals surface area contributed by atoms with Crippen LogP contribution in [0.3, 0.4) is 0 Å². The predicted molar refractivity (Wildman–Crippen MR) is 78.3 cm³/mol. The van der Waals surface area contributed by atoms with Gasteiger partial charge in [-0.05, 0) is 44.1 Å². The molecule has 0 radical (unpaired) electrons. The zero-order valence-electron chi connectivity index (χ0n) is 12.1. The van der Waals surface area contributed by atoms with Crippen molar-refractivity contribution < 1.29 is 14.0 Å². The topological polar surface area (TPSA) is 61.4 Å². The molecule has 2 rings (SSSR count). The van der Waals surface area contributed by atoms with Crippen LogP contribution in [0, 0.1) is 5.82 Å². The quantitative estimate of drug-likeness (QED) is 0.824. The molecule has 2 N–H and O–H groups in total.